The van der Waals surface area contributed by atoms with Gasteiger partial charge < -0.3 is 10.3 Å². The Morgan fingerprint density at radius 3 is 2.89 bits per heavy atom. The minimum Gasteiger partial charge on any atom is -0.361 e. The van der Waals surface area contributed by atoms with Crippen LogP contribution in [0.2, 0.25) is 0 Å². The number of rotatable bonds is 4. The Hall–Kier alpha value is -1.58. The second-order valence-corrected chi connectivity index (χ2v) is 5.89. The molecule has 2 N–H and O–H groups in total. The van der Waals surface area contributed by atoms with Crippen molar-refractivity contribution in [1.29, 1.82) is 0 Å². The van der Waals surface area contributed by atoms with Gasteiger partial charge in [-0.2, -0.15) is 0 Å². The van der Waals surface area contributed by atoms with Crippen LogP contribution in [0.15, 0.2) is 42.6 Å². The molecular weight excluding hydrogens is 240 g/mol. The Morgan fingerprint density at radius 1 is 1.11 bits per heavy atom. The molecule has 0 aliphatic carbocycles. The van der Waals surface area contributed by atoms with Crippen LogP contribution in [0.4, 0.5) is 0 Å². The summed E-state index contributed by atoms with van der Waals surface area (Å²) in [7, 11) is 0. The molecule has 0 aliphatic rings. The molecule has 3 heteroatoms. The number of aryl methyl sites for hydroxylation is 1. The van der Waals surface area contributed by atoms with Crippen LogP contribution in [-0.4, -0.2) is 4.98 Å². The fraction of sp³-hybridized carbons (Fsp3) is 0.200. The van der Waals surface area contributed by atoms with Gasteiger partial charge in [-0.05, 0) is 42.1 Å². The number of hydrogen-bond donors (Lipinski definition) is 2. The molecule has 0 atom stereocenters. The van der Waals surface area contributed by atoms with Gasteiger partial charge in [0.05, 0.1) is 0 Å². The van der Waals surface area contributed by atoms with Gasteiger partial charge in [0, 0.05) is 34.6 Å². The summed E-state index contributed by atoms with van der Waals surface area (Å²) in [6, 6.07) is 13.0. The van der Waals surface area contributed by atoms with Crippen molar-refractivity contribution in [2.45, 2.75) is 20.0 Å². The molecule has 0 saturated heterocycles. The molecule has 18 heavy (non-hydrogen) atoms. The van der Waals surface area contributed by atoms with Gasteiger partial charge >= 0.3 is 0 Å². The molecule has 2 heterocycles. The Bertz CT molecular complexity index is 651. The summed E-state index contributed by atoms with van der Waals surface area (Å²) >= 11 is 1.86. The number of aromatic nitrogens is 1. The van der Waals surface area contributed by atoms with Crippen molar-refractivity contribution >= 4 is 22.2 Å². The van der Waals surface area contributed by atoms with E-state index in [4.69, 9.17) is 0 Å². The smallest absolute Gasteiger partial charge is 0.0457 e. The number of H-pyrrole nitrogens is 1. The molecule has 0 aliphatic heterocycles. The van der Waals surface area contributed by atoms with E-state index in [0.717, 1.165) is 13.1 Å². The zero-order chi connectivity index (χ0) is 12.4. The van der Waals surface area contributed by atoms with Gasteiger partial charge in [-0.3, -0.25) is 0 Å². The van der Waals surface area contributed by atoms with E-state index >= 15 is 0 Å². The highest BCUT2D eigenvalue weighted by atomic mass is 32.1. The van der Waals surface area contributed by atoms with Gasteiger partial charge in [-0.15, -0.1) is 11.3 Å². The van der Waals surface area contributed by atoms with Crippen LogP contribution in [0, 0.1) is 6.92 Å². The molecular formula is C15H16N2S. The highest BCUT2D eigenvalue weighted by Gasteiger charge is 1.99. The molecule has 92 valence electrons. The van der Waals surface area contributed by atoms with Crippen molar-refractivity contribution in [3.8, 4) is 0 Å². The second-order valence-electron chi connectivity index (χ2n) is 4.52. The summed E-state index contributed by atoms with van der Waals surface area (Å²) in [5.41, 5.74) is 2.53. The molecule has 1 aromatic carbocycles. The maximum atomic E-state index is 3.48. The number of hydrogen-bond acceptors (Lipinski definition) is 2. The highest BCUT2D eigenvalue weighted by Crippen LogP contribution is 2.16. The van der Waals surface area contributed by atoms with E-state index in [1.54, 1.807) is 0 Å². The van der Waals surface area contributed by atoms with E-state index in [0.29, 0.717) is 0 Å². The third-order valence-electron chi connectivity index (χ3n) is 3.04. The van der Waals surface area contributed by atoms with Crippen molar-refractivity contribution in [2.75, 3.05) is 0 Å². The van der Waals surface area contributed by atoms with Crippen LogP contribution < -0.4 is 5.32 Å². The third kappa shape index (κ3) is 2.47. The van der Waals surface area contributed by atoms with Crippen molar-refractivity contribution < 1.29 is 0 Å². The SMILES string of the molecule is Cc1ccc(CNCc2ccc3cc[nH]c3c2)s1. The zero-order valence-corrected chi connectivity index (χ0v) is 11.2. The maximum absolute atomic E-state index is 3.48. The molecule has 0 bridgehead atoms. The van der Waals surface area contributed by atoms with Gasteiger partial charge in [0.2, 0.25) is 0 Å². The first-order valence-electron chi connectivity index (χ1n) is 6.13. The fourth-order valence-corrected chi connectivity index (χ4v) is 2.98. The Balaban J connectivity index is 1.62. The minimum atomic E-state index is 0.909. The van der Waals surface area contributed by atoms with Gasteiger partial charge in [0.25, 0.3) is 0 Å². The zero-order valence-electron chi connectivity index (χ0n) is 10.4. The molecule has 0 fully saturated rings. The van der Waals surface area contributed by atoms with E-state index in [9.17, 15) is 0 Å². The van der Waals surface area contributed by atoms with Crippen LogP contribution in [0.25, 0.3) is 10.9 Å². The summed E-state index contributed by atoms with van der Waals surface area (Å²) in [6.07, 6.45) is 1.98. The summed E-state index contributed by atoms with van der Waals surface area (Å²) in [5, 5.41) is 4.76. The molecule has 0 spiro atoms. The van der Waals surface area contributed by atoms with E-state index in [1.807, 2.05) is 17.5 Å². The van der Waals surface area contributed by atoms with Crippen LogP contribution in [0.5, 0.6) is 0 Å². The quantitative estimate of drug-likeness (QED) is 0.729. The van der Waals surface area contributed by atoms with Crippen LogP contribution in [-0.2, 0) is 13.1 Å². The van der Waals surface area contributed by atoms with Crippen molar-refractivity contribution in [1.82, 2.24) is 10.3 Å². The lowest BCUT2D eigenvalue weighted by molar-refractivity contribution is 0.701. The second kappa shape index (κ2) is 4.96. The van der Waals surface area contributed by atoms with Gasteiger partial charge in [0.15, 0.2) is 0 Å². The first-order valence-corrected chi connectivity index (χ1v) is 6.95. The minimum absolute atomic E-state index is 0.909. The standard InChI is InChI=1S/C15H16N2S/c1-11-2-5-14(18-11)10-16-9-12-3-4-13-6-7-17-15(13)8-12/h2-8,16-17H,9-10H2,1H3. The monoisotopic (exact) mass is 256 g/mol. The Morgan fingerprint density at radius 2 is 2.06 bits per heavy atom. The van der Waals surface area contributed by atoms with Crippen LogP contribution in [0.3, 0.4) is 0 Å². The number of benzene rings is 1. The van der Waals surface area contributed by atoms with Crippen LogP contribution in [0.1, 0.15) is 15.3 Å². The highest BCUT2D eigenvalue weighted by molar-refractivity contribution is 7.11. The lowest BCUT2D eigenvalue weighted by Gasteiger charge is -2.03. The normalized spacial score (nSPS) is 11.2. The first-order chi connectivity index (χ1) is 8.81. The van der Waals surface area contributed by atoms with E-state index < -0.39 is 0 Å². The average Bonchev–Trinajstić information content (AvgIpc) is 2.97. The van der Waals surface area contributed by atoms with E-state index in [-0.39, 0.29) is 0 Å². The average molecular weight is 256 g/mol. The number of nitrogens with one attached hydrogen (secondary N) is 2. The summed E-state index contributed by atoms with van der Waals surface area (Å²) < 4.78 is 0. The van der Waals surface area contributed by atoms with E-state index in [1.165, 1.54) is 26.2 Å². The van der Waals surface area contributed by atoms with E-state index in [2.05, 4.69) is 53.6 Å². The first kappa shape index (κ1) is 11.5. The van der Waals surface area contributed by atoms with Crippen molar-refractivity contribution in [3.63, 3.8) is 0 Å². The molecule has 2 nitrogen and oxygen atoms in total. The van der Waals surface area contributed by atoms with Crippen molar-refractivity contribution in [2.24, 2.45) is 0 Å². The topological polar surface area (TPSA) is 27.8 Å². The Labute approximate surface area is 111 Å². The van der Waals surface area contributed by atoms with Gasteiger partial charge in [0.1, 0.15) is 0 Å². The Kier molecular flexibility index (Phi) is 3.17. The molecule has 3 rings (SSSR count). The van der Waals surface area contributed by atoms with Crippen molar-refractivity contribution in [3.05, 3.63) is 57.9 Å². The predicted molar refractivity (Wildman–Crippen MR) is 77.9 cm³/mol. The maximum Gasteiger partial charge on any atom is 0.0457 e. The number of thiophene rings is 1. The lowest BCUT2D eigenvalue weighted by Crippen LogP contribution is -2.11. The lowest BCUT2D eigenvalue weighted by atomic mass is 10.1. The van der Waals surface area contributed by atoms with Crippen LogP contribution >= 0.6 is 11.3 Å². The largest absolute Gasteiger partial charge is 0.361 e. The van der Waals surface area contributed by atoms with Gasteiger partial charge in [-0.1, -0.05) is 12.1 Å². The van der Waals surface area contributed by atoms with Gasteiger partial charge in [-0.25, -0.2) is 0 Å². The third-order valence-corrected chi connectivity index (χ3v) is 4.04. The molecule has 2 aromatic heterocycles. The molecule has 0 radical (unpaired) electrons. The molecule has 3 aromatic rings. The molecule has 0 saturated carbocycles. The summed E-state index contributed by atoms with van der Waals surface area (Å²) in [4.78, 5) is 6.02. The molecule has 0 unspecified atom stereocenters. The number of fused-ring (bicyclic) bond motifs is 1. The predicted octanol–water partition coefficient (Wildman–Crippen LogP) is 3.83. The molecule has 0 amide bonds. The summed E-state index contributed by atoms with van der Waals surface area (Å²) in [6.45, 7) is 4.00. The number of aromatic amines is 1. The fourth-order valence-electron chi connectivity index (χ4n) is 2.12. The summed E-state index contributed by atoms with van der Waals surface area (Å²) in [5.74, 6) is 0.